The van der Waals surface area contributed by atoms with Crippen molar-refractivity contribution < 1.29 is 248 Å². The molecule has 598 valence electrons. The van der Waals surface area contributed by atoms with E-state index < -0.39 is 332 Å². The second-order valence-electron chi connectivity index (χ2n) is 25.3. The van der Waals surface area contributed by atoms with E-state index in [-0.39, 0.29) is 0 Å². The summed E-state index contributed by atoms with van der Waals surface area (Å²) in [5.41, 5.74) is 0. The number of carboxylic acid groups (broad SMARTS) is 5. The number of rotatable bonds is 27. The summed E-state index contributed by atoms with van der Waals surface area (Å²) >= 11 is 0. The van der Waals surface area contributed by atoms with Gasteiger partial charge in [0.1, 0.15) is 159 Å². The molecule has 8 rings (SSSR count). The van der Waals surface area contributed by atoms with Crippen molar-refractivity contribution in [1.29, 1.82) is 0 Å². The van der Waals surface area contributed by atoms with Crippen LogP contribution in [0.15, 0.2) is 0 Å². The fourth-order valence-corrected chi connectivity index (χ4v) is 12.6. The first kappa shape index (κ1) is 84.9. The largest absolute Gasteiger partial charge is 0.479 e. The lowest BCUT2D eigenvalue weighted by molar-refractivity contribution is -0.405. The molecule has 29 N–H and O–H groups in total. The van der Waals surface area contributed by atoms with E-state index in [0.29, 0.717) is 0 Å². The van der Waals surface area contributed by atoms with E-state index >= 15 is 0 Å². The minimum atomic E-state index is -3.67. The van der Waals surface area contributed by atoms with Crippen molar-refractivity contribution in [3.63, 3.8) is 0 Å². The maximum absolute atomic E-state index is 13.8. The number of hydrogen-bond donors (Lipinski definition) is 29. The van der Waals surface area contributed by atoms with E-state index in [4.69, 9.17) is 71.1 Å². The first-order valence-corrected chi connectivity index (χ1v) is 31.3. The molecule has 8 aliphatic rings. The molecule has 0 aromatic heterocycles. The molecule has 0 aliphatic carbocycles. The average molecular weight is 1530 g/mol. The Bertz CT molecular complexity index is 2920. The number of hydrogen-bond acceptors (Lipinski definition) is 45. The van der Waals surface area contributed by atoms with Gasteiger partial charge in [0.15, 0.2) is 43.5 Å². The van der Waals surface area contributed by atoms with Crippen LogP contribution in [0.2, 0.25) is 0 Å². The molecular weight excluding hydrogens is 1450 g/mol. The molecule has 2 unspecified atom stereocenters. The van der Waals surface area contributed by atoms with Crippen LogP contribution >= 0.6 is 0 Å². The van der Waals surface area contributed by atoms with Gasteiger partial charge in [-0.3, -0.25) is 0 Å². The zero-order valence-corrected chi connectivity index (χ0v) is 53.1. The molecule has 0 aromatic carbocycles. The van der Waals surface area contributed by atoms with Crippen LogP contribution in [0.4, 0.5) is 0 Å². The molecule has 0 aromatic rings. The molecule has 8 heterocycles. The van der Waals surface area contributed by atoms with Gasteiger partial charge in [-0.2, -0.15) is 0 Å². The van der Waals surface area contributed by atoms with Crippen molar-refractivity contribution in [2.45, 2.75) is 263 Å². The van der Waals surface area contributed by atoms with Crippen LogP contribution in [-0.2, 0) is 99.8 Å². The number of ether oxygens (including phenoxy) is 15. The Morgan fingerprint density at radius 3 is 1.32 bits per heavy atom. The zero-order valence-electron chi connectivity index (χ0n) is 53.1. The van der Waals surface area contributed by atoms with Crippen molar-refractivity contribution in [3.05, 3.63) is 0 Å². The van der Waals surface area contributed by atoms with E-state index in [2.05, 4.69) is 0 Å². The van der Waals surface area contributed by atoms with Gasteiger partial charge in [-0.15, -0.1) is 0 Å². The SMILES string of the molecule is O=C(O)[C@H]1O[C@H](O[C@@H]2[C@H](O)[C@@H](O)[C@@H](O[C@H]3[C@@H]([C@H](O)CO)OC(O[C@@H]4C[C@](O)(C(=O)O)O[C@H]([C@H](O)CO)[C@@H]4O[C@H]4O[C@H](CO)[C@@H](O[C@H]5O[C@H](C(=O)O[C@H]6O[C@H](COC7(C(=O)O)C[C@@H](O)[C@@H](O)[C@@H]([C@H](O)CO)O7)[C@H](O)[C@H](O)[C@H]6O)[C@H](O)[C@H](O)[C@H]5O)[C@H](O)[C@@H]4O)(C(=O)O)C[C@H]3O)O[C@@H]2C(=O)O)[C@H](O)[C@@H](O)[C@H]1O. The average Bonchev–Trinajstić information content (AvgIpc) is 0.745. The molecule has 0 amide bonds. The molecule has 8 saturated heterocycles. The van der Waals surface area contributed by atoms with Gasteiger partial charge in [-0.1, -0.05) is 0 Å². The fourth-order valence-electron chi connectivity index (χ4n) is 12.6. The second kappa shape index (κ2) is 34.1. The Balaban J connectivity index is 0.990. The van der Waals surface area contributed by atoms with Gasteiger partial charge >= 0.3 is 35.8 Å². The molecular formula is C54H82O50. The fraction of sp³-hybridized carbons (Fsp3) is 0.889. The second-order valence-corrected chi connectivity index (χ2v) is 25.3. The Labute approximate surface area is 579 Å². The van der Waals surface area contributed by atoms with Crippen LogP contribution in [-0.4, -0.2) is 461 Å². The van der Waals surface area contributed by atoms with Gasteiger partial charge in [-0.25, -0.2) is 28.8 Å². The summed E-state index contributed by atoms with van der Waals surface area (Å²) in [5, 5.41) is 309. The summed E-state index contributed by atoms with van der Waals surface area (Å²) in [5.74, 6) is -23.0. The molecule has 8 aliphatic heterocycles. The number of carboxylic acids is 5. The standard InChI is InChI=1S/C54H82O50/c55-4-11(61)31-17(64)9(59)1-53(103-31,50(85)86)90-8-16-18(65)19(66)26(73)45(92-16)100-43(82)39-23(70)21(68)28(75)46(98-39)94-35-15(7-58)91-44(29(76)24(35)71)95-36-14(3-52(89,49(83)84)102-34(36)13(63)6-57)101-54(51(87)88)2-10(60)32(33(104-54)12(62)5-56)93-48-30(77)25(72)37(40(99-48)42(80)81)96-47-27(74)20(67)22(69)38(97-47)41(78)79/h9-40,44-48,55-77,89H,1-8H2,(H,78,79)(H,80,81)(H,83,84)(H,85,86)(H,87,88)/t9-,10-,11-,12-,13-,14-,15-,16-,17-,18+,19+,20+,21+,22-,23-,24-,25-,26-,27-,28-,29+,30-,31-,32-,33-,34-,35-,36-,37-,38+,39+,40+,44-,45-,46+,47+,48+,52-,53?,54?/m1/s1. The minimum absolute atomic E-state index is 1.09. The van der Waals surface area contributed by atoms with E-state index in [1.165, 1.54) is 0 Å². The van der Waals surface area contributed by atoms with Crippen molar-refractivity contribution >= 4 is 35.8 Å². The topological polar surface area (TPSA) is 828 Å². The van der Waals surface area contributed by atoms with E-state index in [1.807, 2.05) is 0 Å². The summed E-state index contributed by atoms with van der Waals surface area (Å²) in [7, 11) is 0. The van der Waals surface area contributed by atoms with Crippen molar-refractivity contribution in [2.24, 2.45) is 0 Å². The number of aliphatic hydroxyl groups is 24. The third kappa shape index (κ3) is 17.0. The predicted octanol–water partition coefficient (Wildman–Crippen LogP) is -19.2. The highest BCUT2D eigenvalue weighted by Crippen LogP contribution is 2.44. The maximum atomic E-state index is 13.8. The quantitative estimate of drug-likeness (QED) is 0.0340. The molecule has 40 atom stereocenters. The lowest BCUT2D eigenvalue weighted by Crippen LogP contribution is -2.70. The van der Waals surface area contributed by atoms with Gasteiger partial charge in [0.2, 0.25) is 6.29 Å². The Kier molecular flexibility index (Phi) is 27.8. The number of aliphatic hydroxyl groups excluding tert-OH is 23. The van der Waals surface area contributed by atoms with Crippen LogP contribution < -0.4 is 0 Å². The van der Waals surface area contributed by atoms with Gasteiger partial charge in [0.05, 0.1) is 51.3 Å². The lowest BCUT2D eigenvalue weighted by Gasteiger charge is -2.52. The molecule has 0 radical (unpaired) electrons. The van der Waals surface area contributed by atoms with Crippen molar-refractivity contribution in [3.8, 4) is 0 Å². The number of esters is 1. The number of carbonyl (C=O) groups excluding carboxylic acids is 1. The predicted molar refractivity (Wildman–Crippen MR) is 299 cm³/mol. The number of carbonyl (C=O) groups is 6. The van der Waals surface area contributed by atoms with Crippen molar-refractivity contribution in [1.82, 2.24) is 0 Å². The summed E-state index contributed by atoms with van der Waals surface area (Å²) in [6.45, 7) is -6.74. The first-order chi connectivity index (χ1) is 48.6. The first-order valence-electron chi connectivity index (χ1n) is 31.3. The van der Waals surface area contributed by atoms with Gasteiger partial charge in [0.25, 0.3) is 17.4 Å². The zero-order chi connectivity index (χ0) is 77.6. The lowest BCUT2D eigenvalue weighted by atomic mass is 9.89. The van der Waals surface area contributed by atoms with Crippen LogP contribution in [0.1, 0.15) is 19.3 Å². The summed E-state index contributed by atoms with van der Waals surface area (Å²) in [4.78, 5) is 76.8. The summed E-state index contributed by atoms with van der Waals surface area (Å²) < 4.78 is 81.3. The third-order valence-corrected chi connectivity index (χ3v) is 18.3. The van der Waals surface area contributed by atoms with Gasteiger partial charge < -0.3 is 219 Å². The summed E-state index contributed by atoms with van der Waals surface area (Å²) in [6.07, 6.45) is -94.1. The highest BCUT2D eigenvalue weighted by molar-refractivity contribution is 5.78. The van der Waals surface area contributed by atoms with Crippen LogP contribution in [0.5, 0.6) is 0 Å². The monoisotopic (exact) mass is 1530 g/mol. The highest BCUT2D eigenvalue weighted by Gasteiger charge is 2.65. The van der Waals surface area contributed by atoms with E-state index in [0.717, 1.165) is 0 Å². The molecule has 0 bridgehead atoms. The van der Waals surface area contributed by atoms with E-state index in [1.54, 1.807) is 0 Å². The maximum Gasteiger partial charge on any atom is 0.364 e. The number of aliphatic carboxylic acids is 5. The van der Waals surface area contributed by atoms with E-state index in [9.17, 15) is 177 Å². The van der Waals surface area contributed by atoms with Crippen molar-refractivity contribution in [2.75, 3.05) is 33.0 Å². The van der Waals surface area contributed by atoms with Gasteiger partial charge in [-0.05, 0) is 0 Å². The van der Waals surface area contributed by atoms with Crippen LogP contribution in [0.3, 0.4) is 0 Å². The molecule has 0 saturated carbocycles. The Hall–Kier alpha value is -4.70. The van der Waals surface area contributed by atoms with Crippen LogP contribution in [0.25, 0.3) is 0 Å². The molecule has 0 spiro atoms. The Morgan fingerprint density at radius 2 is 0.798 bits per heavy atom. The minimum Gasteiger partial charge on any atom is -0.479 e. The summed E-state index contributed by atoms with van der Waals surface area (Å²) in [6, 6.07) is 0. The highest BCUT2D eigenvalue weighted by atomic mass is 16.8. The molecule has 50 nitrogen and oxygen atoms in total. The van der Waals surface area contributed by atoms with Gasteiger partial charge in [0, 0.05) is 19.3 Å². The smallest absolute Gasteiger partial charge is 0.364 e. The molecule has 50 heteroatoms. The molecule has 104 heavy (non-hydrogen) atoms. The molecule has 8 fully saturated rings. The Morgan fingerprint density at radius 1 is 0.385 bits per heavy atom. The van der Waals surface area contributed by atoms with Crippen LogP contribution in [0, 0.1) is 0 Å². The normalized spacial score (nSPS) is 48.2. The third-order valence-electron chi connectivity index (χ3n) is 18.3.